The Kier molecular flexibility index (Phi) is 4.69. The van der Waals surface area contributed by atoms with Crippen molar-refractivity contribution in [1.29, 1.82) is 0 Å². The van der Waals surface area contributed by atoms with E-state index in [0.717, 1.165) is 10.4 Å². The van der Waals surface area contributed by atoms with Gasteiger partial charge in [-0.1, -0.05) is 0 Å². The van der Waals surface area contributed by atoms with Crippen LogP contribution in [0.3, 0.4) is 0 Å². The fraction of sp³-hybridized carbons (Fsp3) is 0.500. The van der Waals surface area contributed by atoms with Crippen molar-refractivity contribution in [1.82, 2.24) is 4.90 Å². The molecule has 17 heavy (non-hydrogen) atoms. The second kappa shape index (κ2) is 5.82. The fourth-order valence-electron chi connectivity index (χ4n) is 1.53. The van der Waals surface area contributed by atoms with Crippen LogP contribution >= 0.6 is 11.3 Å². The van der Waals surface area contributed by atoms with E-state index in [4.69, 9.17) is 5.11 Å². The van der Waals surface area contributed by atoms with Crippen molar-refractivity contribution in [2.75, 3.05) is 13.1 Å². The van der Waals surface area contributed by atoms with Crippen molar-refractivity contribution in [2.24, 2.45) is 0 Å². The van der Waals surface area contributed by atoms with Crippen LogP contribution in [0.4, 0.5) is 0 Å². The first-order chi connectivity index (χ1) is 7.97. The molecule has 0 radical (unpaired) electrons. The Hall–Kier alpha value is -1.36. The van der Waals surface area contributed by atoms with E-state index in [1.54, 1.807) is 16.2 Å². The van der Waals surface area contributed by atoms with Crippen molar-refractivity contribution in [3.05, 3.63) is 21.4 Å². The molecule has 1 rings (SSSR count). The molecule has 0 fully saturated rings. The molecule has 1 aromatic heterocycles. The van der Waals surface area contributed by atoms with Gasteiger partial charge >= 0.3 is 5.97 Å². The zero-order valence-electron chi connectivity index (χ0n) is 10.3. The quantitative estimate of drug-likeness (QED) is 0.878. The van der Waals surface area contributed by atoms with E-state index in [9.17, 15) is 9.59 Å². The van der Waals surface area contributed by atoms with Gasteiger partial charge in [0.1, 0.15) is 0 Å². The van der Waals surface area contributed by atoms with Gasteiger partial charge in [0, 0.05) is 23.3 Å². The number of carbonyl (C=O) groups is 2. The first kappa shape index (κ1) is 13.7. The number of carbonyl (C=O) groups excluding carboxylic acids is 1. The molecule has 1 amide bonds. The predicted octanol–water partition coefficient (Wildman–Crippen LogP) is 2.30. The Balaban J connectivity index is 2.79. The summed E-state index contributed by atoms with van der Waals surface area (Å²) in [6.45, 7) is 6.54. The highest BCUT2D eigenvalue weighted by atomic mass is 32.1. The van der Waals surface area contributed by atoms with Gasteiger partial charge in [-0.3, -0.25) is 9.59 Å². The average molecular weight is 255 g/mol. The molecule has 0 unspecified atom stereocenters. The largest absolute Gasteiger partial charge is 0.481 e. The number of thiophene rings is 1. The van der Waals surface area contributed by atoms with Crippen molar-refractivity contribution in [3.63, 3.8) is 0 Å². The number of rotatable bonds is 5. The summed E-state index contributed by atoms with van der Waals surface area (Å²) in [5.41, 5.74) is 1.69. The highest BCUT2D eigenvalue weighted by Gasteiger charge is 2.18. The maximum absolute atomic E-state index is 12.2. The van der Waals surface area contributed by atoms with Gasteiger partial charge in [-0.05, 0) is 26.3 Å². The molecule has 0 saturated carbocycles. The molecule has 5 heteroatoms. The number of aryl methyl sites for hydroxylation is 1. The van der Waals surface area contributed by atoms with E-state index in [1.165, 1.54) is 0 Å². The third-order valence-corrected chi connectivity index (χ3v) is 3.79. The average Bonchev–Trinajstić information content (AvgIpc) is 2.60. The van der Waals surface area contributed by atoms with Gasteiger partial charge in [-0.15, -0.1) is 11.3 Å². The van der Waals surface area contributed by atoms with Crippen LogP contribution in [-0.4, -0.2) is 35.0 Å². The smallest absolute Gasteiger partial charge is 0.305 e. The molecule has 1 aromatic rings. The summed E-state index contributed by atoms with van der Waals surface area (Å²) in [5.74, 6) is -0.954. The van der Waals surface area contributed by atoms with Crippen LogP contribution in [0, 0.1) is 13.8 Å². The van der Waals surface area contributed by atoms with E-state index in [2.05, 4.69) is 0 Å². The lowest BCUT2D eigenvalue weighted by Crippen LogP contribution is -2.33. The number of carboxylic acid groups (broad SMARTS) is 1. The highest BCUT2D eigenvalue weighted by molar-refractivity contribution is 7.10. The van der Waals surface area contributed by atoms with Gasteiger partial charge in [-0.25, -0.2) is 0 Å². The van der Waals surface area contributed by atoms with Gasteiger partial charge in [-0.2, -0.15) is 0 Å². The number of carboxylic acids is 1. The predicted molar refractivity (Wildman–Crippen MR) is 67.6 cm³/mol. The Morgan fingerprint density at radius 1 is 1.41 bits per heavy atom. The third kappa shape index (κ3) is 3.30. The van der Waals surface area contributed by atoms with Crippen molar-refractivity contribution >= 4 is 23.2 Å². The van der Waals surface area contributed by atoms with Crippen molar-refractivity contribution in [2.45, 2.75) is 27.2 Å². The number of hydrogen-bond donors (Lipinski definition) is 1. The third-order valence-electron chi connectivity index (χ3n) is 2.78. The number of nitrogens with zero attached hydrogens (tertiary/aromatic N) is 1. The number of amides is 1. The van der Waals surface area contributed by atoms with Gasteiger partial charge in [0.25, 0.3) is 5.91 Å². The molecule has 1 N–H and O–H groups in total. The monoisotopic (exact) mass is 255 g/mol. The van der Waals surface area contributed by atoms with Gasteiger partial charge in [0.05, 0.1) is 12.0 Å². The standard InChI is InChI=1S/C12H17NO3S/c1-4-13(6-5-11(14)15)12(16)10-7-17-9(3)8(10)2/h7H,4-6H2,1-3H3,(H,14,15). The van der Waals surface area contributed by atoms with Crippen LogP contribution in [0.5, 0.6) is 0 Å². The van der Waals surface area contributed by atoms with Crippen LogP contribution in [-0.2, 0) is 4.79 Å². The van der Waals surface area contributed by atoms with E-state index in [1.807, 2.05) is 26.2 Å². The van der Waals surface area contributed by atoms with Gasteiger partial charge in [0.15, 0.2) is 0 Å². The van der Waals surface area contributed by atoms with Crippen LogP contribution in [0.2, 0.25) is 0 Å². The normalized spacial score (nSPS) is 10.3. The molecule has 0 spiro atoms. The lowest BCUT2D eigenvalue weighted by Gasteiger charge is -2.19. The first-order valence-corrected chi connectivity index (χ1v) is 6.41. The van der Waals surface area contributed by atoms with Crippen molar-refractivity contribution < 1.29 is 14.7 Å². The lowest BCUT2D eigenvalue weighted by atomic mass is 10.1. The molecule has 0 saturated heterocycles. The lowest BCUT2D eigenvalue weighted by molar-refractivity contribution is -0.137. The van der Waals surface area contributed by atoms with Crippen LogP contribution in [0.1, 0.15) is 34.1 Å². The summed E-state index contributed by atoms with van der Waals surface area (Å²) < 4.78 is 0. The molecule has 0 atom stereocenters. The molecule has 1 heterocycles. The zero-order valence-corrected chi connectivity index (χ0v) is 11.1. The van der Waals surface area contributed by atoms with Gasteiger partial charge in [0.2, 0.25) is 0 Å². The molecule has 0 aliphatic heterocycles. The summed E-state index contributed by atoms with van der Waals surface area (Å²) in [5, 5.41) is 10.5. The van der Waals surface area contributed by atoms with E-state index in [0.29, 0.717) is 12.1 Å². The molecule has 94 valence electrons. The summed E-state index contributed by atoms with van der Waals surface area (Å²) in [7, 11) is 0. The zero-order chi connectivity index (χ0) is 13.0. The number of hydrogen-bond acceptors (Lipinski definition) is 3. The molecule has 4 nitrogen and oxygen atoms in total. The molecule has 0 aromatic carbocycles. The minimum Gasteiger partial charge on any atom is -0.481 e. The Morgan fingerprint density at radius 2 is 2.06 bits per heavy atom. The van der Waals surface area contributed by atoms with E-state index < -0.39 is 5.97 Å². The van der Waals surface area contributed by atoms with Gasteiger partial charge < -0.3 is 10.0 Å². The summed E-state index contributed by atoms with van der Waals surface area (Å²) in [6, 6.07) is 0. The van der Waals surface area contributed by atoms with Crippen LogP contribution in [0.15, 0.2) is 5.38 Å². The Morgan fingerprint density at radius 3 is 2.47 bits per heavy atom. The minimum atomic E-state index is -0.880. The summed E-state index contributed by atoms with van der Waals surface area (Å²) in [4.78, 5) is 25.4. The number of aliphatic carboxylic acids is 1. The highest BCUT2D eigenvalue weighted by Crippen LogP contribution is 2.22. The maximum Gasteiger partial charge on any atom is 0.305 e. The van der Waals surface area contributed by atoms with Crippen LogP contribution in [0.25, 0.3) is 0 Å². The second-order valence-corrected chi connectivity index (χ2v) is 4.94. The minimum absolute atomic E-state index is 0.0122. The molecule has 0 aliphatic carbocycles. The van der Waals surface area contributed by atoms with E-state index in [-0.39, 0.29) is 18.9 Å². The topological polar surface area (TPSA) is 57.6 Å². The summed E-state index contributed by atoms with van der Waals surface area (Å²) in [6.07, 6.45) is -0.0122. The maximum atomic E-state index is 12.2. The molecule has 0 aliphatic rings. The Bertz CT molecular complexity index is 425. The molecule has 0 bridgehead atoms. The van der Waals surface area contributed by atoms with E-state index >= 15 is 0 Å². The van der Waals surface area contributed by atoms with Crippen LogP contribution < -0.4 is 0 Å². The van der Waals surface area contributed by atoms with Crippen molar-refractivity contribution in [3.8, 4) is 0 Å². The summed E-state index contributed by atoms with van der Waals surface area (Å²) >= 11 is 1.55. The second-order valence-electron chi connectivity index (χ2n) is 3.86. The Labute approximate surface area is 105 Å². The fourth-order valence-corrected chi connectivity index (χ4v) is 2.39. The molecular formula is C12H17NO3S. The molecular weight excluding hydrogens is 238 g/mol. The SMILES string of the molecule is CCN(CCC(=O)O)C(=O)c1csc(C)c1C. The first-order valence-electron chi connectivity index (χ1n) is 5.53.